The van der Waals surface area contributed by atoms with E-state index < -0.39 is 0 Å². The molecule has 0 radical (unpaired) electrons. The van der Waals surface area contributed by atoms with Crippen LogP contribution in [-0.2, 0) is 19.4 Å². The summed E-state index contributed by atoms with van der Waals surface area (Å²) < 4.78 is 16.4. The number of amides is 1. The van der Waals surface area contributed by atoms with Crippen molar-refractivity contribution in [2.45, 2.75) is 46.6 Å². The quantitative estimate of drug-likeness (QED) is 0.251. The second-order valence-electron chi connectivity index (χ2n) is 10.0. The molecule has 2 heterocycles. The Hall–Kier alpha value is -3.21. The molecule has 4 rings (SSSR count). The number of thiophene rings is 1. The average molecular weight is 539 g/mol. The summed E-state index contributed by atoms with van der Waals surface area (Å²) in [6.45, 7) is 7.23. The predicted octanol–water partition coefficient (Wildman–Crippen LogP) is 6.85. The SMILES string of the molecule is C#CCOc1c(Cl)cc(C=Nc2sc3c(c2C(=O)NCc2ccco2)CC[C@@H](C(C)(C)C)C3)cc1OC. The number of halogens is 1. The van der Waals surface area contributed by atoms with Crippen LogP contribution >= 0.6 is 22.9 Å². The van der Waals surface area contributed by atoms with Crippen molar-refractivity contribution in [3.05, 3.63) is 62.9 Å². The maximum absolute atomic E-state index is 13.4. The molecule has 1 aromatic carbocycles. The molecular weight excluding hydrogens is 508 g/mol. The van der Waals surface area contributed by atoms with Crippen molar-refractivity contribution in [1.82, 2.24) is 5.32 Å². The number of aliphatic imine (C=N–C) groups is 1. The van der Waals surface area contributed by atoms with Crippen LogP contribution in [0.15, 0.2) is 39.9 Å². The molecule has 0 unspecified atom stereocenters. The Morgan fingerprint density at radius 3 is 2.89 bits per heavy atom. The lowest BCUT2D eigenvalue weighted by Crippen LogP contribution is -2.28. The number of carbonyl (C=O) groups excluding carboxylic acids is 1. The third-order valence-electron chi connectivity index (χ3n) is 6.58. The maximum Gasteiger partial charge on any atom is 0.255 e. The molecule has 0 aliphatic heterocycles. The first kappa shape index (κ1) is 26.8. The molecule has 3 aromatic rings. The molecule has 1 N–H and O–H groups in total. The lowest BCUT2D eigenvalue weighted by molar-refractivity contribution is 0.0947. The number of benzene rings is 1. The lowest BCUT2D eigenvalue weighted by atomic mass is 9.72. The van der Waals surface area contributed by atoms with Gasteiger partial charge in [-0.2, -0.15) is 0 Å². The Bertz CT molecular complexity index is 1330. The zero-order valence-corrected chi connectivity index (χ0v) is 23.1. The van der Waals surface area contributed by atoms with Crippen LogP contribution in [-0.4, -0.2) is 25.8 Å². The van der Waals surface area contributed by atoms with Crippen LogP contribution in [0.25, 0.3) is 0 Å². The summed E-state index contributed by atoms with van der Waals surface area (Å²) >= 11 is 8.03. The van der Waals surface area contributed by atoms with E-state index >= 15 is 0 Å². The third kappa shape index (κ3) is 6.20. The van der Waals surface area contributed by atoms with Gasteiger partial charge in [0.1, 0.15) is 17.4 Å². The van der Waals surface area contributed by atoms with Crippen LogP contribution in [0.3, 0.4) is 0 Å². The Balaban J connectivity index is 1.67. The predicted molar refractivity (Wildman–Crippen MR) is 149 cm³/mol. The van der Waals surface area contributed by atoms with Gasteiger partial charge in [0, 0.05) is 11.1 Å². The molecule has 0 saturated heterocycles. The highest BCUT2D eigenvalue weighted by Crippen LogP contribution is 2.45. The van der Waals surface area contributed by atoms with E-state index in [1.807, 2.05) is 6.07 Å². The molecule has 37 heavy (non-hydrogen) atoms. The van der Waals surface area contributed by atoms with E-state index in [-0.39, 0.29) is 17.9 Å². The van der Waals surface area contributed by atoms with Crippen molar-refractivity contribution in [2.75, 3.05) is 13.7 Å². The molecular formula is C29H31ClN2O4S. The fourth-order valence-corrected chi connectivity index (χ4v) is 6.05. The van der Waals surface area contributed by atoms with Gasteiger partial charge in [-0.25, -0.2) is 4.99 Å². The summed E-state index contributed by atoms with van der Waals surface area (Å²) in [7, 11) is 1.54. The molecule has 0 spiro atoms. The van der Waals surface area contributed by atoms with E-state index in [0.29, 0.717) is 45.3 Å². The summed E-state index contributed by atoms with van der Waals surface area (Å²) in [5, 5.41) is 4.04. The minimum absolute atomic E-state index is 0.0797. The van der Waals surface area contributed by atoms with E-state index in [9.17, 15) is 4.79 Å². The van der Waals surface area contributed by atoms with Crippen LogP contribution in [0.4, 0.5) is 5.00 Å². The molecule has 2 aromatic heterocycles. The molecule has 8 heteroatoms. The standard InChI is InChI=1S/C29H31ClN2O4S/c1-6-11-36-26-22(30)13-18(14-23(26)34-5)16-32-28-25(27(33)31-17-20-8-7-12-35-20)21-10-9-19(29(2,3)4)15-24(21)37-28/h1,7-8,12-14,16,19H,9-11,15,17H2,2-5H3,(H,31,33)/t19-/m1/s1. The van der Waals surface area contributed by atoms with Crippen molar-refractivity contribution in [3.8, 4) is 23.8 Å². The van der Waals surface area contributed by atoms with Gasteiger partial charge in [-0.05, 0) is 66.0 Å². The van der Waals surface area contributed by atoms with E-state index in [0.717, 1.165) is 30.4 Å². The number of hydrogen-bond donors (Lipinski definition) is 1. The van der Waals surface area contributed by atoms with E-state index in [1.165, 1.54) is 12.0 Å². The summed E-state index contributed by atoms with van der Waals surface area (Å²) in [5.74, 6) is 4.36. The van der Waals surface area contributed by atoms with Gasteiger partial charge < -0.3 is 19.2 Å². The van der Waals surface area contributed by atoms with Crippen LogP contribution in [0.1, 0.15) is 59.3 Å². The average Bonchev–Trinajstić information content (AvgIpc) is 3.51. The van der Waals surface area contributed by atoms with Gasteiger partial charge in [0.25, 0.3) is 5.91 Å². The van der Waals surface area contributed by atoms with E-state index in [2.05, 4.69) is 32.0 Å². The number of fused-ring (bicyclic) bond motifs is 1. The molecule has 0 saturated carbocycles. The number of hydrogen-bond acceptors (Lipinski definition) is 6. The number of rotatable bonds is 8. The first-order chi connectivity index (χ1) is 17.7. The third-order valence-corrected chi connectivity index (χ3v) is 8.03. The molecule has 1 aliphatic rings. The number of terminal acetylenes is 1. The lowest BCUT2D eigenvalue weighted by Gasteiger charge is -2.33. The van der Waals surface area contributed by atoms with Crippen molar-refractivity contribution < 1.29 is 18.7 Å². The molecule has 0 bridgehead atoms. The number of methoxy groups -OCH3 is 1. The number of carbonyl (C=O) groups is 1. The number of nitrogens with zero attached hydrogens (tertiary/aromatic N) is 1. The van der Waals surface area contributed by atoms with Gasteiger partial charge in [-0.15, -0.1) is 17.8 Å². The number of ether oxygens (including phenoxy) is 2. The molecule has 1 atom stereocenters. The van der Waals surface area contributed by atoms with Crippen molar-refractivity contribution >= 4 is 40.1 Å². The Morgan fingerprint density at radius 1 is 1.41 bits per heavy atom. The van der Waals surface area contributed by atoms with Gasteiger partial charge in [-0.3, -0.25) is 4.79 Å². The molecule has 0 fully saturated rings. The first-order valence-corrected chi connectivity index (χ1v) is 13.3. The minimum atomic E-state index is -0.149. The summed E-state index contributed by atoms with van der Waals surface area (Å²) in [5.41, 5.74) is 2.66. The van der Waals surface area contributed by atoms with Crippen molar-refractivity contribution in [3.63, 3.8) is 0 Å². The topological polar surface area (TPSA) is 73.1 Å². The van der Waals surface area contributed by atoms with Crippen LogP contribution < -0.4 is 14.8 Å². The summed E-state index contributed by atoms with van der Waals surface area (Å²) in [6.07, 6.45) is 11.4. The van der Waals surface area contributed by atoms with Gasteiger partial charge in [0.05, 0.1) is 30.5 Å². The van der Waals surface area contributed by atoms with Crippen LogP contribution in [0, 0.1) is 23.7 Å². The van der Waals surface area contributed by atoms with Crippen molar-refractivity contribution in [2.24, 2.45) is 16.3 Å². The van der Waals surface area contributed by atoms with Crippen LogP contribution in [0.5, 0.6) is 11.5 Å². The Labute approximate surface area is 227 Å². The Kier molecular flexibility index (Phi) is 8.31. The largest absolute Gasteiger partial charge is 0.493 e. The molecule has 194 valence electrons. The van der Waals surface area contributed by atoms with Gasteiger partial charge in [0.2, 0.25) is 0 Å². The second kappa shape index (κ2) is 11.5. The molecule has 1 amide bonds. The first-order valence-electron chi connectivity index (χ1n) is 12.1. The number of furan rings is 1. The fourth-order valence-electron chi connectivity index (χ4n) is 4.51. The molecule has 6 nitrogen and oxygen atoms in total. The van der Waals surface area contributed by atoms with Crippen LogP contribution in [0.2, 0.25) is 5.02 Å². The highest BCUT2D eigenvalue weighted by molar-refractivity contribution is 7.16. The van der Waals surface area contributed by atoms with Gasteiger partial charge >= 0.3 is 0 Å². The number of nitrogens with one attached hydrogen (secondary N) is 1. The zero-order chi connectivity index (χ0) is 26.6. The van der Waals surface area contributed by atoms with E-state index in [1.54, 1.807) is 42.0 Å². The van der Waals surface area contributed by atoms with Crippen molar-refractivity contribution in [1.29, 1.82) is 0 Å². The Morgan fingerprint density at radius 2 is 2.22 bits per heavy atom. The maximum atomic E-state index is 13.4. The van der Waals surface area contributed by atoms with Gasteiger partial charge in [-0.1, -0.05) is 38.3 Å². The normalized spacial score (nSPS) is 15.3. The second-order valence-corrected chi connectivity index (χ2v) is 11.5. The highest BCUT2D eigenvalue weighted by Gasteiger charge is 2.33. The zero-order valence-electron chi connectivity index (χ0n) is 21.5. The summed E-state index contributed by atoms with van der Waals surface area (Å²) in [6, 6.07) is 7.16. The monoisotopic (exact) mass is 538 g/mol. The highest BCUT2D eigenvalue weighted by atomic mass is 35.5. The smallest absolute Gasteiger partial charge is 0.255 e. The van der Waals surface area contributed by atoms with Gasteiger partial charge in [0.15, 0.2) is 11.5 Å². The molecule has 1 aliphatic carbocycles. The minimum Gasteiger partial charge on any atom is -0.493 e. The summed E-state index contributed by atoms with van der Waals surface area (Å²) in [4.78, 5) is 19.4. The fraction of sp³-hybridized carbons (Fsp3) is 0.379. The van der Waals surface area contributed by atoms with E-state index in [4.69, 9.17) is 36.9 Å².